The third-order valence-electron chi connectivity index (χ3n) is 4.09. The fraction of sp³-hybridized carbons (Fsp3) is 0.467. The molecule has 0 radical (unpaired) electrons. The molecule has 3 rings (SSSR count). The van der Waals surface area contributed by atoms with Crippen LogP contribution >= 0.6 is 23.2 Å². The lowest BCUT2D eigenvalue weighted by Gasteiger charge is -2.21. The van der Waals surface area contributed by atoms with Crippen LogP contribution in [0.3, 0.4) is 0 Å². The van der Waals surface area contributed by atoms with Crippen molar-refractivity contribution in [3.05, 3.63) is 28.2 Å². The summed E-state index contributed by atoms with van der Waals surface area (Å²) in [6.45, 7) is 2.00. The summed E-state index contributed by atoms with van der Waals surface area (Å²) in [5.74, 6) is -0.260. The van der Waals surface area contributed by atoms with Gasteiger partial charge in [-0.25, -0.2) is 0 Å². The smallest absolute Gasteiger partial charge is 0.228 e. The summed E-state index contributed by atoms with van der Waals surface area (Å²) < 4.78 is 0. The van der Waals surface area contributed by atoms with Crippen molar-refractivity contribution in [2.45, 2.75) is 19.3 Å². The Kier molecular flexibility index (Phi) is 4.09. The van der Waals surface area contributed by atoms with E-state index in [1.54, 1.807) is 23.1 Å². The van der Waals surface area contributed by atoms with E-state index in [0.29, 0.717) is 22.3 Å². The maximum atomic E-state index is 12.4. The van der Waals surface area contributed by atoms with Gasteiger partial charge >= 0.3 is 0 Å². The highest BCUT2D eigenvalue weighted by Crippen LogP contribution is 2.34. The number of halogens is 2. The third-order valence-corrected chi connectivity index (χ3v) is 4.65. The van der Waals surface area contributed by atoms with E-state index in [1.165, 1.54) is 0 Å². The van der Waals surface area contributed by atoms with Crippen LogP contribution in [0.25, 0.3) is 0 Å². The number of likely N-dealkylation sites (tertiary alicyclic amines) is 1. The molecule has 112 valence electrons. The predicted octanol–water partition coefficient (Wildman–Crippen LogP) is 2.97. The molecule has 0 N–H and O–H groups in total. The van der Waals surface area contributed by atoms with Crippen molar-refractivity contribution in [1.82, 2.24) is 4.90 Å². The fourth-order valence-corrected chi connectivity index (χ4v) is 3.38. The molecule has 0 bridgehead atoms. The molecule has 1 unspecified atom stereocenters. The molecule has 1 aromatic carbocycles. The van der Waals surface area contributed by atoms with Crippen molar-refractivity contribution in [2.75, 3.05) is 24.5 Å². The number of benzene rings is 1. The highest BCUT2D eigenvalue weighted by Gasteiger charge is 2.38. The Morgan fingerprint density at radius 2 is 1.90 bits per heavy atom. The van der Waals surface area contributed by atoms with Crippen LogP contribution in [0.4, 0.5) is 5.69 Å². The second-order valence-corrected chi connectivity index (χ2v) is 6.38. The minimum Gasteiger partial charge on any atom is -0.342 e. The molecule has 2 heterocycles. The topological polar surface area (TPSA) is 40.6 Å². The van der Waals surface area contributed by atoms with Crippen LogP contribution in [0.2, 0.25) is 10.0 Å². The first-order chi connectivity index (χ1) is 10.1. The van der Waals surface area contributed by atoms with Gasteiger partial charge in [0.05, 0.1) is 16.6 Å². The Hall–Kier alpha value is -1.26. The minimum absolute atomic E-state index is 0.0725. The van der Waals surface area contributed by atoms with Crippen molar-refractivity contribution in [2.24, 2.45) is 5.92 Å². The van der Waals surface area contributed by atoms with Gasteiger partial charge in [-0.1, -0.05) is 23.2 Å². The van der Waals surface area contributed by atoms with Gasteiger partial charge in [-0.3, -0.25) is 9.59 Å². The van der Waals surface area contributed by atoms with Gasteiger partial charge in [-0.2, -0.15) is 0 Å². The molecular formula is C15H16Cl2N2O2. The van der Waals surface area contributed by atoms with Gasteiger partial charge in [0.25, 0.3) is 0 Å². The van der Waals surface area contributed by atoms with Crippen molar-refractivity contribution < 1.29 is 9.59 Å². The Labute approximate surface area is 133 Å². The van der Waals surface area contributed by atoms with E-state index in [4.69, 9.17) is 23.2 Å². The van der Waals surface area contributed by atoms with E-state index in [0.717, 1.165) is 25.9 Å². The number of rotatable bonds is 2. The Morgan fingerprint density at radius 3 is 2.62 bits per heavy atom. The maximum Gasteiger partial charge on any atom is 0.228 e. The van der Waals surface area contributed by atoms with Crippen LogP contribution in [0.15, 0.2) is 18.2 Å². The number of carbonyl (C=O) groups excluding carboxylic acids is 2. The van der Waals surface area contributed by atoms with Gasteiger partial charge in [0.1, 0.15) is 0 Å². The number of amides is 2. The molecule has 0 aromatic heterocycles. The quantitative estimate of drug-likeness (QED) is 0.838. The summed E-state index contributed by atoms with van der Waals surface area (Å²) in [6, 6.07) is 5.02. The van der Waals surface area contributed by atoms with Gasteiger partial charge in [0.2, 0.25) is 11.8 Å². The van der Waals surface area contributed by atoms with E-state index in [9.17, 15) is 9.59 Å². The average molecular weight is 327 g/mol. The van der Waals surface area contributed by atoms with Gasteiger partial charge in [-0.15, -0.1) is 0 Å². The highest BCUT2D eigenvalue weighted by atomic mass is 35.5. The lowest BCUT2D eigenvalue weighted by Crippen LogP contribution is -2.35. The second kappa shape index (κ2) is 5.85. The van der Waals surface area contributed by atoms with Crippen LogP contribution in [0, 0.1) is 5.92 Å². The summed E-state index contributed by atoms with van der Waals surface area (Å²) in [4.78, 5) is 28.1. The van der Waals surface area contributed by atoms with E-state index in [1.807, 2.05) is 4.90 Å². The van der Waals surface area contributed by atoms with Gasteiger partial charge in [0.15, 0.2) is 0 Å². The van der Waals surface area contributed by atoms with Gasteiger partial charge in [0, 0.05) is 31.1 Å². The van der Waals surface area contributed by atoms with Crippen molar-refractivity contribution >= 4 is 40.7 Å². The summed E-state index contributed by atoms with van der Waals surface area (Å²) >= 11 is 12.1. The second-order valence-electron chi connectivity index (χ2n) is 5.53. The molecule has 0 aliphatic carbocycles. The lowest BCUT2D eigenvalue weighted by molar-refractivity contribution is -0.134. The Balaban J connectivity index is 1.78. The van der Waals surface area contributed by atoms with E-state index < -0.39 is 0 Å². The van der Waals surface area contributed by atoms with E-state index in [2.05, 4.69) is 0 Å². The number of hydrogen-bond acceptors (Lipinski definition) is 2. The minimum atomic E-state index is -0.273. The van der Waals surface area contributed by atoms with E-state index >= 15 is 0 Å². The van der Waals surface area contributed by atoms with Crippen LogP contribution in [0.1, 0.15) is 19.3 Å². The summed E-state index contributed by atoms with van der Waals surface area (Å²) in [6.07, 6.45) is 2.35. The van der Waals surface area contributed by atoms with Crippen LogP contribution in [0.5, 0.6) is 0 Å². The number of carbonyl (C=O) groups is 2. The normalized spacial score (nSPS) is 22.2. The zero-order valence-electron chi connectivity index (χ0n) is 11.5. The molecule has 2 aliphatic rings. The molecule has 4 nitrogen and oxygen atoms in total. The lowest BCUT2D eigenvalue weighted by atomic mass is 10.1. The Bertz CT molecular complexity index is 585. The number of hydrogen-bond donors (Lipinski definition) is 0. The molecule has 2 amide bonds. The standard InChI is InChI=1S/C15H16Cl2N2O2/c16-11-3-4-12(17)13(8-11)19-9-10(7-14(19)20)15(21)18-5-1-2-6-18/h3-4,8,10H,1-2,5-7,9H2. The predicted molar refractivity (Wildman–Crippen MR) is 82.7 cm³/mol. The van der Waals surface area contributed by atoms with Crippen molar-refractivity contribution in [3.63, 3.8) is 0 Å². The van der Waals surface area contributed by atoms with Crippen molar-refractivity contribution in [1.29, 1.82) is 0 Å². The Morgan fingerprint density at radius 1 is 1.19 bits per heavy atom. The molecular weight excluding hydrogens is 311 g/mol. The molecule has 2 saturated heterocycles. The largest absolute Gasteiger partial charge is 0.342 e. The van der Waals surface area contributed by atoms with Gasteiger partial charge in [-0.05, 0) is 31.0 Å². The number of anilines is 1. The van der Waals surface area contributed by atoms with Crippen LogP contribution in [-0.2, 0) is 9.59 Å². The SMILES string of the molecule is O=C(C1CC(=O)N(c2cc(Cl)ccc2Cl)C1)N1CCCC1. The van der Waals surface area contributed by atoms with E-state index in [-0.39, 0.29) is 24.2 Å². The number of nitrogens with zero attached hydrogens (tertiary/aromatic N) is 2. The molecule has 2 aliphatic heterocycles. The molecule has 1 atom stereocenters. The summed E-state index contributed by atoms with van der Waals surface area (Å²) in [7, 11) is 0. The summed E-state index contributed by atoms with van der Waals surface area (Å²) in [5, 5.41) is 0.999. The third kappa shape index (κ3) is 2.87. The summed E-state index contributed by atoms with van der Waals surface area (Å²) in [5.41, 5.74) is 0.589. The molecule has 1 aromatic rings. The first-order valence-electron chi connectivity index (χ1n) is 7.10. The fourth-order valence-electron chi connectivity index (χ4n) is 2.99. The molecule has 0 spiro atoms. The zero-order valence-corrected chi connectivity index (χ0v) is 13.0. The van der Waals surface area contributed by atoms with Crippen molar-refractivity contribution in [3.8, 4) is 0 Å². The average Bonchev–Trinajstić information content (AvgIpc) is 3.10. The molecule has 2 fully saturated rings. The molecule has 0 saturated carbocycles. The highest BCUT2D eigenvalue weighted by molar-refractivity contribution is 6.35. The van der Waals surface area contributed by atoms with Crippen LogP contribution in [-0.4, -0.2) is 36.3 Å². The first-order valence-corrected chi connectivity index (χ1v) is 7.86. The zero-order chi connectivity index (χ0) is 15.0. The van der Waals surface area contributed by atoms with Crippen LogP contribution < -0.4 is 4.90 Å². The first kappa shape index (κ1) is 14.7. The maximum absolute atomic E-state index is 12.4. The molecule has 21 heavy (non-hydrogen) atoms. The van der Waals surface area contributed by atoms with Gasteiger partial charge < -0.3 is 9.80 Å². The monoisotopic (exact) mass is 326 g/mol. The molecule has 6 heteroatoms.